The van der Waals surface area contributed by atoms with Crippen LogP contribution in [0.3, 0.4) is 0 Å². The second-order valence-corrected chi connectivity index (χ2v) is 4.19. The van der Waals surface area contributed by atoms with Gasteiger partial charge in [-0.2, -0.15) is 18.4 Å². The fourth-order valence-corrected chi connectivity index (χ4v) is 1.42. The highest BCUT2D eigenvalue weighted by molar-refractivity contribution is 5.92. The van der Waals surface area contributed by atoms with Crippen LogP contribution in [-0.4, -0.2) is 34.6 Å². The third kappa shape index (κ3) is 4.25. The van der Waals surface area contributed by atoms with Crippen molar-refractivity contribution in [1.82, 2.24) is 9.88 Å². The average molecular weight is 271 g/mol. The van der Waals surface area contributed by atoms with E-state index in [0.29, 0.717) is 4.90 Å². The van der Waals surface area contributed by atoms with Gasteiger partial charge < -0.3 is 4.90 Å². The molecule has 0 spiro atoms. The number of hydrogen-bond donors (Lipinski definition) is 0. The first kappa shape index (κ1) is 15.0. The fraction of sp³-hybridized carbons (Fsp3) is 0.417. The third-order valence-corrected chi connectivity index (χ3v) is 2.35. The Balaban J connectivity index is 2.96. The molecule has 0 aliphatic carbocycles. The van der Waals surface area contributed by atoms with E-state index < -0.39 is 24.7 Å². The molecule has 4 nitrogen and oxygen atoms in total. The first-order valence-electron chi connectivity index (χ1n) is 5.48. The van der Waals surface area contributed by atoms with Crippen LogP contribution in [-0.2, 0) is 0 Å². The highest BCUT2D eigenvalue weighted by atomic mass is 19.4. The summed E-state index contributed by atoms with van der Waals surface area (Å²) in [5.74, 6) is -0.809. The molecule has 0 radical (unpaired) electrons. The van der Waals surface area contributed by atoms with Crippen LogP contribution in [0.15, 0.2) is 18.3 Å². The van der Waals surface area contributed by atoms with Crippen LogP contribution in [0.5, 0.6) is 0 Å². The van der Waals surface area contributed by atoms with Crippen LogP contribution in [0.4, 0.5) is 13.2 Å². The fourth-order valence-electron chi connectivity index (χ4n) is 1.42. The molecule has 1 amide bonds. The molecule has 0 aliphatic rings. The molecule has 0 N–H and O–H groups in total. The zero-order chi connectivity index (χ0) is 14.6. The predicted octanol–water partition coefficient (Wildman–Crippen LogP) is 2.37. The minimum Gasteiger partial charge on any atom is -0.326 e. The van der Waals surface area contributed by atoms with Gasteiger partial charge in [-0.25, -0.2) is 4.98 Å². The molecule has 1 aromatic heterocycles. The van der Waals surface area contributed by atoms with Crippen LogP contribution in [0.1, 0.15) is 29.9 Å². The lowest BCUT2D eigenvalue weighted by Crippen LogP contribution is -2.43. The molecule has 102 valence electrons. The molecule has 1 rings (SSSR count). The largest absolute Gasteiger partial charge is 0.406 e. The zero-order valence-electron chi connectivity index (χ0n) is 10.4. The van der Waals surface area contributed by atoms with Crippen molar-refractivity contribution in [3.05, 3.63) is 29.6 Å². The molecule has 0 aromatic carbocycles. The van der Waals surface area contributed by atoms with Gasteiger partial charge in [0.2, 0.25) is 0 Å². The number of rotatable bonds is 3. The van der Waals surface area contributed by atoms with Crippen molar-refractivity contribution in [3.63, 3.8) is 0 Å². The summed E-state index contributed by atoms with van der Waals surface area (Å²) >= 11 is 0. The van der Waals surface area contributed by atoms with Crippen LogP contribution in [0.2, 0.25) is 0 Å². The van der Waals surface area contributed by atoms with Crippen molar-refractivity contribution in [2.24, 2.45) is 0 Å². The first-order valence-corrected chi connectivity index (χ1v) is 5.48. The Morgan fingerprint density at radius 3 is 2.47 bits per heavy atom. The summed E-state index contributed by atoms with van der Waals surface area (Å²) in [5.41, 5.74) is 0.125. The lowest BCUT2D eigenvalue weighted by molar-refractivity contribution is -0.143. The summed E-state index contributed by atoms with van der Waals surface area (Å²) in [6.07, 6.45) is -3.31. The van der Waals surface area contributed by atoms with Crippen molar-refractivity contribution < 1.29 is 18.0 Å². The van der Waals surface area contributed by atoms with E-state index >= 15 is 0 Å². The van der Waals surface area contributed by atoms with Gasteiger partial charge in [0.25, 0.3) is 5.91 Å². The molecule has 0 atom stereocenters. The number of aromatic nitrogens is 1. The van der Waals surface area contributed by atoms with E-state index in [1.54, 1.807) is 0 Å². The minimum absolute atomic E-state index is 0.114. The quantitative estimate of drug-likeness (QED) is 0.848. The number of halogens is 3. The van der Waals surface area contributed by atoms with Crippen LogP contribution < -0.4 is 0 Å². The molecule has 0 fully saturated rings. The van der Waals surface area contributed by atoms with Gasteiger partial charge in [0.15, 0.2) is 0 Å². The third-order valence-electron chi connectivity index (χ3n) is 2.35. The second-order valence-electron chi connectivity index (χ2n) is 4.19. The van der Waals surface area contributed by atoms with Gasteiger partial charge in [0, 0.05) is 12.2 Å². The SMILES string of the molecule is CC(C)N(CC(F)(F)F)C(=O)c1ccc(C#N)cn1. The van der Waals surface area contributed by atoms with Crippen LogP contribution in [0.25, 0.3) is 0 Å². The summed E-state index contributed by atoms with van der Waals surface area (Å²) < 4.78 is 37.2. The highest BCUT2D eigenvalue weighted by Crippen LogP contribution is 2.19. The van der Waals surface area contributed by atoms with Gasteiger partial charge in [-0.1, -0.05) is 0 Å². The molecule has 0 saturated heterocycles. The lowest BCUT2D eigenvalue weighted by atomic mass is 10.2. The molecule has 1 heterocycles. The standard InChI is InChI=1S/C12H12F3N3O/c1-8(2)18(7-12(13,14)15)11(19)10-4-3-9(5-16)6-17-10/h3-4,6,8H,7H2,1-2H3. The molecular formula is C12H12F3N3O. The van der Waals surface area contributed by atoms with E-state index in [1.807, 2.05) is 6.07 Å². The van der Waals surface area contributed by atoms with E-state index in [0.717, 1.165) is 6.20 Å². The highest BCUT2D eigenvalue weighted by Gasteiger charge is 2.34. The Morgan fingerprint density at radius 1 is 1.47 bits per heavy atom. The Bertz CT molecular complexity index is 488. The molecule has 0 unspecified atom stereocenters. The summed E-state index contributed by atoms with van der Waals surface area (Å²) in [5, 5.41) is 8.58. The second kappa shape index (κ2) is 5.69. The van der Waals surface area contributed by atoms with Gasteiger partial charge in [-0.05, 0) is 26.0 Å². The Morgan fingerprint density at radius 2 is 2.11 bits per heavy atom. The number of alkyl halides is 3. The number of hydrogen-bond acceptors (Lipinski definition) is 3. The smallest absolute Gasteiger partial charge is 0.326 e. The Kier molecular flexibility index (Phi) is 4.48. The molecule has 7 heteroatoms. The summed E-state index contributed by atoms with van der Waals surface area (Å²) in [6.45, 7) is 1.66. The van der Waals surface area contributed by atoms with Crippen molar-refractivity contribution in [2.75, 3.05) is 6.54 Å². The van der Waals surface area contributed by atoms with Crippen molar-refractivity contribution in [1.29, 1.82) is 5.26 Å². The molecule has 0 aliphatic heterocycles. The lowest BCUT2D eigenvalue weighted by Gasteiger charge is -2.27. The average Bonchev–Trinajstić information content (AvgIpc) is 2.34. The predicted molar refractivity (Wildman–Crippen MR) is 61.2 cm³/mol. The number of pyridine rings is 1. The molecule has 1 aromatic rings. The maximum Gasteiger partial charge on any atom is 0.406 e. The van der Waals surface area contributed by atoms with E-state index in [-0.39, 0.29) is 11.3 Å². The van der Waals surface area contributed by atoms with Crippen LogP contribution >= 0.6 is 0 Å². The first-order chi connectivity index (χ1) is 8.74. The van der Waals surface area contributed by atoms with Gasteiger partial charge in [-0.15, -0.1) is 0 Å². The number of nitrogens with zero attached hydrogens (tertiary/aromatic N) is 3. The number of carbonyl (C=O) groups is 1. The zero-order valence-corrected chi connectivity index (χ0v) is 10.4. The summed E-state index contributed by atoms with van der Waals surface area (Å²) in [7, 11) is 0. The Labute approximate surface area is 108 Å². The van der Waals surface area contributed by atoms with Crippen LogP contribution in [0, 0.1) is 11.3 Å². The minimum atomic E-state index is -4.47. The molecule has 0 saturated carbocycles. The Hall–Kier alpha value is -2.10. The van der Waals surface area contributed by atoms with E-state index in [9.17, 15) is 18.0 Å². The maximum absolute atomic E-state index is 12.4. The van der Waals surface area contributed by atoms with E-state index in [2.05, 4.69) is 4.98 Å². The van der Waals surface area contributed by atoms with Gasteiger partial charge >= 0.3 is 6.18 Å². The normalized spacial score (nSPS) is 11.2. The van der Waals surface area contributed by atoms with Gasteiger partial charge in [0.05, 0.1) is 5.56 Å². The number of carbonyl (C=O) groups excluding carboxylic acids is 1. The molecule has 19 heavy (non-hydrogen) atoms. The van der Waals surface area contributed by atoms with Crippen molar-refractivity contribution >= 4 is 5.91 Å². The number of amides is 1. The molecular weight excluding hydrogens is 259 g/mol. The monoisotopic (exact) mass is 271 g/mol. The molecule has 0 bridgehead atoms. The van der Waals surface area contributed by atoms with Gasteiger partial charge in [-0.3, -0.25) is 4.79 Å². The van der Waals surface area contributed by atoms with E-state index in [1.165, 1.54) is 26.0 Å². The van der Waals surface area contributed by atoms with Crippen molar-refractivity contribution in [2.45, 2.75) is 26.1 Å². The summed E-state index contributed by atoms with van der Waals surface area (Å²) in [4.78, 5) is 16.3. The number of nitriles is 1. The topological polar surface area (TPSA) is 57.0 Å². The van der Waals surface area contributed by atoms with Gasteiger partial charge in [0.1, 0.15) is 18.3 Å². The van der Waals surface area contributed by atoms with E-state index in [4.69, 9.17) is 5.26 Å². The maximum atomic E-state index is 12.4. The van der Waals surface area contributed by atoms with Crippen molar-refractivity contribution in [3.8, 4) is 6.07 Å². The summed E-state index contributed by atoms with van der Waals surface area (Å²) in [6, 6.07) is 3.79.